The normalized spacial score (nSPS) is 25.6. The Morgan fingerprint density at radius 3 is 2.67 bits per heavy atom. The van der Waals surface area contributed by atoms with Crippen molar-refractivity contribution in [1.82, 2.24) is 9.38 Å². The van der Waals surface area contributed by atoms with Crippen molar-refractivity contribution in [3.8, 4) is 0 Å². The van der Waals surface area contributed by atoms with Gasteiger partial charge in [0.25, 0.3) is 0 Å². The third-order valence-corrected chi connectivity index (χ3v) is 11.2. The van der Waals surface area contributed by atoms with Crippen LogP contribution in [-0.2, 0) is 12.8 Å². The van der Waals surface area contributed by atoms with Crippen LogP contribution in [0.3, 0.4) is 0 Å². The average molecular weight is 581 g/mol. The quantitative estimate of drug-likeness (QED) is 0.233. The van der Waals surface area contributed by atoms with Crippen molar-refractivity contribution < 1.29 is 0 Å². The molecule has 2 nitrogen and oxygen atoms in total. The van der Waals surface area contributed by atoms with Gasteiger partial charge in [-0.1, -0.05) is 109 Å². The van der Waals surface area contributed by atoms with Crippen LogP contribution in [0.15, 0.2) is 109 Å². The molecule has 4 unspecified atom stereocenters. The van der Waals surface area contributed by atoms with Crippen molar-refractivity contribution >= 4 is 45.8 Å². The van der Waals surface area contributed by atoms with E-state index in [-0.39, 0.29) is 0 Å². The van der Waals surface area contributed by atoms with E-state index < -0.39 is 0 Å². The molecule has 218 valence electrons. The van der Waals surface area contributed by atoms with Gasteiger partial charge in [0.15, 0.2) is 0 Å². The van der Waals surface area contributed by atoms with Crippen molar-refractivity contribution in [3.63, 3.8) is 0 Å². The highest BCUT2D eigenvalue weighted by atomic mass is 15.0. The molecule has 45 heavy (non-hydrogen) atoms. The van der Waals surface area contributed by atoms with Gasteiger partial charge in [-0.15, -0.1) is 0 Å². The Hall–Kier alpha value is -4.69. The summed E-state index contributed by atoms with van der Waals surface area (Å²) in [5, 5.41) is 5.41. The highest BCUT2D eigenvalue weighted by Crippen LogP contribution is 2.44. The first-order valence-corrected chi connectivity index (χ1v) is 16.9. The summed E-state index contributed by atoms with van der Waals surface area (Å²) < 4.78 is 2.56. The molecule has 0 bridgehead atoms. The number of hydrogen-bond acceptors (Lipinski definition) is 1. The molecule has 2 aromatic heterocycles. The van der Waals surface area contributed by atoms with Crippen LogP contribution in [-0.4, -0.2) is 9.38 Å². The molecule has 0 fully saturated rings. The van der Waals surface area contributed by atoms with Gasteiger partial charge < -0.3 is 0 Å². The molecular weight excluding hydrogens is 544 g/mol. The molecule has 0 saturated carbocycles. The van der Waals surface area contributed by atoms with Crippen molar-refractivity contribution in [2.45, 2.75) is 38.5 Å². The monoisotopic (exact) mass is 580 g/mol. The fraction of sp³-hybridized carbons (Fsp3) is 0.233. The summed E-state index contributed by atoms with van der Waals surface area (Å²) in [6.07, 6.45) is 38.0. The largest absolute Gasteiger partial charge is 0.299 e. The number of aromatic nitrogens is 2. The van der Waals surface area contributed by atoms with Crippen LogP contribution in [0, 0.1) is 23.7 Å². The molecule has 0 spiro atoms. The fourth-order valence-electron chi connectivity index (χ4n) is 9.07. The van der Waals surface area contributed by atoms with Crippen LogP contribution < -0.4 is 10.4 Å². The van der Waals surface area contributed by atoms with E-state index in [1.54, 1.807) is 0 Å². The van der Waals surface area contributed by atoms with E-state index in [1.807, 2.05) is 0 Å². The zero-order chi connectivity index (χ0) is 29.5. The van der Waals surface area contributed by atoms with Crippen LogP contribution in [0.5, 0.6) is 0 Å². The molecule has 2 heteroatoms. The molecule has 0 radical (unpaired) electrons. The molecule has 0 saturated heterocycles. The molecule has 6 aliphatic rings. The van der Waals surface area contributed by atoms with Gasteiger partial charge in [-0.25, -0.2) is 4.98 Å². The van der Waals surface area contributed by atoms with Crippen LogP contribution in [0.2, 0.25) is 0 Å². The van der Waals surface area contributed by atoms with Gasteiger partial charge in [-0.05, 0) is 107 Å². The summed E-state index contributed by atoms with van der Waals surface area (Å²) in [6.45, 7) is 0. The molecule has 6 aliphatic carbocycles. The van der Waals surface area contributed by atoms with E-state index in [2.05, 4.69) is 126 Å². The average Bonchev–Trinajstić information content (AvgIpc) is 3.50. The predicted octanol–water partition coefficient (Wildman–Crippen LogP) is 8.32. The van der Waals surface area contributed by atoms with E-state index in [0.29, 0.717) is 23.7 Å². The zero-order valence-electron chi connectivity index (χ0n) is 25.5. The van der Waals surface area contributed by atoms with E-state index >= 15 is 0 Å². The lowest BCUT2D eigenvalue weighted by Crippen LogP contribution is -2.43. The first kappa shape index (κ1) is 25.6. The van der Waals surface area contributed by atoms with Crippen LogP contribution in [0.1, 0.15) is 53.9 Å². The summed E-state index contributed by atoms with van der Waals surface area (Å²) in [6, 6.07) is 15.6. The number of nitrogens with zero attached hydrogens (tertiary/aromatic N) is 2. The number of rotatable bonds is 2. The topological polar surface area (TPSA) is 17.3 Å². The summed E-state index contributed by atoms with van der Waals surface area (Å²) in [5.41, 5.74) is 12.3. The molecule has 2 heterocycles. The van der Waals surface area contributed by atoms with Gasteiger partial charge in [-0.2, -0.15) is 0 Å². The Morgan fingerprint density at radius 2 is 1.71 bits per heavy atom. The molecule has 4 aromatic rings. The third kappa shape index (κ3) is 3.91. The fourth-order valence-corrected chi connectivity index (χ4v) is 9.07. The lowest BCUT2D eigenvalue weighted by atomic mass is 9.66. The number of allylic oxidation sites excluding steroid dienone is 12. The maximum absolute atomic E-state index is 5.33. The van der Waals surface area contributed by atoms with Crippen molar-refractivity contribution in [2.24, 2.45) is 23.7 Å². The highest BCUT2D eigenvalue weighted by molar-refractivity contribution is 5.88. The minimum Gasteiger partial charge on any atom is -0.299 e. The SMILES string of the molecule is C1=CC2=c3c(c4c(n5c6c(nc35)C=CCC6)CCC=C4)=CC(C3C=CC4=CC(c5ccc6ccccc6c5)=CCC4C3)C2C=C1. The Kier molecular flexibility index (Phi) is 5.64. The molecule has 10 rings (SSSR count). The maximum atomic E-state index is 5.33. The Balaban J connectivity index is 1.08. The van der Waals surface area contributed by atoms with Crippen molar-refractivity contribution in [3.05, 3.63) is 147 Å². The molecule has 0 amide bonds. The van der Waals surface area contributed by atoms with Gasteiger partial charge >= 0.3 is 0 Å². The smallest absolute Gasteiger partial charge is 0.146 e. The number of benzene rings is 2. The first-order chi connectivity index (χ1) is 22.3. The first-order valence-electron chi connectivity index (χ1n) is 16.9. The van der Waals surface area contributed by atoms with Gasteiger partial charge in [-0.3, -0.25) is 4.40 Å². The highest BCUT2D eigenvalue weighted by Gasteiger charge is 2.36. The third-order valence-electron chi connectivity index (χ3n) is 11.2. The summed E-state index contributed by atoms with van der Waals surface area (Å²) in [4.78, 5) is 5.33. The molecule has 0 N–H and O–H groups in total. The second-order valence-electron chi connectivity index (χ2n) is 13.7. The number of hydrogen-bond donors (Lipinski definition) is 0. The summed E-state index contributed by atoms with van der Waals surface area (Å²) in [7, 11) is 0. The van der Waals surface area contributed by atoms with Crippen LogP contribution in [0.25, 0.3) is 45.8 Å². The number of aryl methyl sites for hydroxylation is 2. The zero-order valence-corrected chi connectivity index (χ0v) is 25.5. The van der Waals surface area contributed by atoms with Crippen molar-refractivity contribution in [1.29, 1.82) is 0 Å². The minimum absolute atomic E-state index is 0.369. The molecule has 0 aliphatic heterocycles. The molecule has 4 atom stereocenters. The van der Waals surface area contributed by atoms with Crippen molar-refractivity contribution in [2.75, 3.05) is 0 Å². The van der Waals surface area contributed by atoms with E-state index in [1.165, 1.54) is 78.2 Å². The molecule has 2 aromatic carbocycles. The summed E-state index contributed by atoms with van der Waals surface area (Å²) in [5.74, 6) is 1.88. The van der Waals surface area contributed by atoms with Gasteiger partial charge in [0.2, 0.25) is 0 Å². The number of pyridine rings is 1. The van der Waals surface area contributed by atoms with E-state index in [9.17, 15) is 0 Å². The lowest BCUT2D eigenvalue weighted by molar-refractivity contribution is 0.360. The minimum atomic E-state index is 0.369. The second-order valence-corrected chi connectivity index (χ2v) is 13.7. The second kappa shape index (κ2) is 9.91. The standard InChI is InChI=1S/C43H36N2/c1-2-10-28-23-29(18-17-27(28)9-1)30-19-20-32-25-33(22-21-31(32)24-30)37-26-38-35-12-5-7-15-40(35)45-41-16-8-6-14-39(41)44-43(45)42(38)36-13-4-3-11-34(36)37/h1-6,9-14,17-19,21-24,26,32-34,37H,7-8,15-16,20,25H2. The molecular formula is C43H36N2. The Labute approximate surface area is 264 Å². The van der Waals surface area contributed by atoms with Gasteiger partial charge in [0, 0.05) is 22.4 Å². The number of fused-ring (bicyclic) bond motifs is 11. The summed E-state index contributed by atoms with van der Waals surface area (Å²) >= 11 is 0. The number of imidazole rings is 1. The van der Waals surface area contributed by atoms with Crippen LogP contribution >= 0.6 is 0 Å². The maximum Gasteiger partial charge on any atom is 0.146 e. The van der Waals surface area contributed by atoms with Gasteiger partial charge in [0.1, 0.15) is 5.65 Å². The lowest BCUT2D eigenvalue weighted by Gasteiger charge is -2.38. The Bertz CT molecular complexity index is 2290. The van der Waals surface area contributed by atoms with Crippen LogP contribution in [0.4, 0.5) is 0 Å². The predicted molar refractivity (Wildman–Crippen MR) is 188 cm³/mol. The Morgan fingerprint density at radius 1 is 0.822 bits per heavy atom. The van der Waals surface area contributed by atoms with E-state index in [4.69, 9.17) is 4.98 Å². The van der Waals surface area contributed by atoms with E-state index in [0.717, 1.165) is 32.1 Å². The van der Waals surface area contributed by atoms with Gasteiger partial charge in [0.05, 0.1) is 11.4 Å².